The molecule has 1 aromatic carbocycles. The molecular formula is C14H17BrFNO3. The summed E-state index contributed by atoms with van der Waals surface area (Å²) in [5, 5.41) is 11.7. The van der Waals surface area contributed by atoms with Gasteiger partial charge in [-0.25, -0.2) is 4.39 Å². The Bertz CT molecular complexity index is 533. The predicted molar refractivity (Wildman–Crippen MR) is 77.9 cm³/mol. The van der Waals surface area contributed by atoms with E-state index in [-0.39, 0.29) is 18.0 Å². The Labute approximate surface area is 125 Å². The minimum atomic E-state index is -1.19. The Balaban J connectivity index is 2.87. The van der Waals surface area contributed by atoms with Crippen LogP contribution >= 0.6 is 15.9 Å². The van der Waals surface area contributed by atoms with Gasteiger partial charge in [0, 0.05) is 10.9 Å². The molecule has 1 atom stereocenters. The van der Waals surface area contributed by atoms with Crippen molar-refractivity contribution in [2.75, 3.05) is 5.32 Å². The first-order valence-electron chi connectivity index (χ1n) is 6.15. The molecule has 6 heteroatoms. The molecule has 0 saturated carbocycles. The quantitative estimate of drug-likeness (QED) is 0.855. The van der Waals surface area contributed by atoms with E-state index in [0.29, 0.717) is 4.47 Å². The van der Waals surface area contributed by atoms with Gasteiger partial charge in [0.1, 0.15) is 5.82 Å². The van der Waals surface area contributed by atoms with Crippen LogP contribution in [0.2, 0.25) is 0 Å². The van der Waals surface area contributed by atoms with Gasteiger partial charge in [0.2, 0.25) is 5.91 Å². The monoisotopic (exact) mass is 345 g/mol. The third-order valence-corrected chi connectivity index (χ3v) is 3.99. The van der Waals surface area contributed by atoms with E-state index in [1.165, 1.54) is 25.1 Å². The smallest absolute Gasteiger partial charge is 0.310 e. The molecule has 0 saturated heterocycles. The van der Waals surface area contributed by atoms with Gasteiger partial charge in [-0.3, -0.25) is 9.59 Å². The molecule has 1 unspecified atom stereocenters. The van der Waals surface area contributed by atoms with Crippen LogP contribution < -0.4 is 5.32 Å². The van der Waals surface area contributed by atoms with Gasteiger partial charge in [0.05, 0.1) is 11.1 Å². The van der Waals surface area contributed by atoms with E-state index >= 15 is 0 Å². The third-order valence-electron chi connectivity index (χ3n) is 3.49. The molecule has 0 heterocycles. The number of amides is 1. The van der Waals surface area contributed by atoms with Crippen molar-refractivity contribution in [3.8, 4) is 0 Å². The maximum atomic E-state index is 13.5. The average molecular weight is 346 g/mol. The van der Waals surface area contributed by atoms with Gasteiger partial charge in [-0.2, -0.15) is 0 Å². The second-order valence-corrected chi connectivity index (χ2v) is 6.14. The standard InChI is InChI=1S/C14H17BrFNO3/c1-8(2)14(3,13(19)20)7-12(18)17-11-6-9(15)4-5-10(11)16/h4-6,8H,7H2,1-3H3,(H,17,18)(H,19,20). The molecule has 0 aliphatic carbocycles. The Morgan fingerprint density at radius 2 is 2.05 bits per heavy atom. The fourth-order valence-corrected chi connectivity index (χ4v) is 2.01. The minimum Gasteiger partial charge on any atom is -0.481 e. The second-order valence-electron chi connectivity index (χ2n) is 5.23. The highest BCUT2D eigenvalue weighted by molar-refractivity contribution is 9.10. The van der Waals surface area contributed by atoms with Crippen LogP contribution in [0.5, 0.6) is 0 Å². The molecule has 110 valence electrons. The molecule has 0 aromatic heterocycles. The lowest BCUT2D eigenvalue weighted by molar-refractivity contribution is -0.153. The Hall–Kier alpha value is -1.43. The zero-order valence-corrected chi connectivity index (χ0v) is 13.1. The number of hydrogen-bond acceptors (Lipinski definition) is 2. The van der Waals surface area contributed by atoms with Gasteiger partial charge < -0.3 is 10.4 Å². The number of carboxylic acids is 1. The highest BCUT2D eigenvalue weighted by Gasteiger charge is 2.38. The molecule has 2 N–H and O–H groups in total. The van der Waals surface area contributed by atoms with Gasteiger partial charge >= 0.3 is 5.97 Å². The van der Waals surface area contributed by atoms with Crippen LogP contribution in [-0.2, 0) is 9.59 Å². The number of rotatable bonds is 5. The van der Waals surface area contributed by atoms with Crippen molar-refractivity contribution in [2.24, 2.45) is 11.3 Å². The number of anilines is 1. The zero-order valence-electron chi connectivity index (χ0n) is 11.5. The first-order chi connectivity index (χ1) is 9.16. The van der Waals surface area contributed by atoms with E-state index in [9.17, 15) is 19.1 Å². The summed E-state index contributed by atoms with van der Waals surface area (Å²) in [6.07, 6.45) is -0.216. The van der Waals surface area contributed by atoms with Gasteiger partial charge in [0.15, 0.2) is 0 Å². The van der Waals surface area contributed by atoms with Gasteiger partial charge in [0.25, 0.3) is 0 Å². The first-order valence-corrected chi connectivity index (χ1v) is 6.94. The van der Waals surface area contributed by atoms with E-state index in [2.05, 4.69) is 21.2 Å². The summed E-state index contributed by atoms with van der Waals surface area (Å²) < 4.78 is 14.2. The molecular weight excluding hydrogens is 329 g/mol. The van der Waals surface area contributed by atoms with E-state index < -0.39 is 23.1 Å². The van der Waals surface area contributed by atoms with Crippen LogP contribution in [0.15, 0.2) is 22.7 Å². The number of aliphatic carboxylic acids is 1. The highest BCUT2D eigenvalue weighted by atomic mass is 79.9. The lowest BCUT2D eigenvalue weighted by Crippen LogP contribution is -2.37. The van der Waals surface area contributed by atoms with Crippen LogP contribution in [0.1, 0.15) is 27.2 Å². The molecule has 0 fully saturated rings. The van der Waals surface area contributed by atoms with Crippen molar-refractivity contribution in [3.05, 3.63) is 28.5 Å². The summed E-state index contributed by atoms with van der Waals surface area (Å²) in [5.74, 6) is -2.36. The molecule has 0 aliphatic heterocycles. The van der Waals surface area contributed by atoms with Gasteiger partial charge in [-0.1, -0.05) is 29.8 Å². The Kier molecular flexibility index (Phi) is 5.28. The molecule has 1 amide bonds. The van der Waals surface area contributed by atoms with Crippen LogP contribution in [0.3, 0.4) is 0 Å². The number of carbonyl (C=O) groups is 2. The zero-order chi connectivity index (χ0) is 15.5. The summed E-state index contributed by atoms with van der Waals surface area (Å²) in [6.45, 7) is 4.99. The summed E-state index contributed by atoms with van der Waals surface area (Å²) in [4.78, 5) is 23.3. The Morgan fingerprint density at radius 3 is 2.55 bits per heavy atom. The van der Waals surface area contributed by atoms with Crippen molar-refractivity contribution in [3.63, 3.8) is 0 Å². The molecule has 1 aromatic rings. The Morgan fingerprint density at radius 1 is 1.45 bits per heavy atom. The lowest BCUT2D eigenvalue weighted by atomic mass is 9.76. The first kappa shape index (κ1) is 16.6. The van der Waals surface area contributed by atoms with Crippen molar-refractivity contribution in [1.82, 2.24) is 0 Å². The maximum Gasteiger partial charge on any atom is 0.310 e. The minimum absolute atomic E-state index is 0.0286. The lowest BCUT2D eigenvalue weighted by Gasteiger charge is -2.28. The molecule has 0 bridgehead atoms. The maximum absolute atomic E-state index is 13.5. The molecule has 1 rings (SSSR count). The predicted octanol–water partition coefficient (Wildman–Crippen LogP) is 3.66. The summed E-state index contributed by atoms with van der Waals surface area (Å²) in [5.41, 5.74) is -1.16. The second kappa shape index (κ2) is 6.35. The molecule has 0 spiro atoms. The number of carboxylic acid groups (broad SMARTS) is 1. The van der Waals surface area contributed by atoms with Gasteiger partial charge in [-0.05, 0) is 31.0 Å². The number of carbonyl (C=O) groups excluding carboxylic acids is 1. The van der Waals surface area contributed by atoms with E-state index in [1.807, 2.05) is 0 Å². The van der Waals surface area contributed by atoms with E-state index in [1.54, 1.807) is 13.8 Å². The van der Waals surface area contributed by atoms with E-state index in [0.717, 1.165) is 0 Å². The van der Waals surface area contributed by atoms with Crippen LogP contribution in [0, 0.1) is 17.2 Å². The fourth-order valence-electron chi connectivity index (χ4n) is 1.65. The number of nitrogens with one attached hydrogen (secondary N) is 1. The summed E-state index contributed by atoms with van der Waals surface area (Å²) in [7, 11) is 0. The molecule has 4 nitrogen and oxygen atoms in total. The number of halogens is 2. The summed E-state index contributed by atoms with van der Waals surface area (Å²) in [6, 6.07) is 4.17. The van der Waals surface area contributed by atoms with Crippen molar-refractivity contribution in [1.29, 1.82) is 0 Å². The average Bonchev–Trinajstić information content (AvgIpc) is 2.33. The number of hydrogen-bond donors (Lipinski definition) is 2. The molecule has 0 radical (unpaired) electrons. The molecule has 20 heavy (non-hydrogen) atoms. The topological polar surface area (TPSA) is 66.4 Å². The fraction of sp³-hybridized carbons (Fsp3) is 0.429. The SMILES string of the molecule is CC(C)C(C)(CC(=O)Nc1cc(Br)ccc1F)C(=O)O. The largest absolute Gasteiger partial charge is 0.481 e. The third kappa shape index (κ3) is 3.79. The van der Waals surface area contributed by atoms with Crippen molar-refractivity contribution in [2.45, 2.75) is 27.2 Å². The summed E-state index contributed by atoms with van der Waals surface area (Å²) >= 11 is 3.18. The normalized spacial score (nSPS) is 13.9. The van der Waals surface area contributed by atoms with Crippen molar-refractivity contribution >= 4 is 33.5 Å². The van der Waals surface area contributed by atoms with Crippen LogP contribution in [0.4, 0.5) is 10.1 Å². The van der Waals surface area contributed by atoms with Crippen LogP contribution in [-0.4, -0.2) is 17.0 Å². The van der Waals surface area contributed by atoms with Gasteiger partial charge in [-0.15, -0.1) is 0 Å². The highest BCUT2D eigenvalue weighted by Crippen LogP contribution is 2.32. The van der Waals surface area contributed by atoms with E-state index in [4.69, 9.17) is 0 Å². The van der Waals surface area contributed by atoms with Crippen LogP contribution in [0.25, 0.3) is 0 Å². The molecule has 0 aliphatic rings. The van der Waals surface area contributed by atoms with Crippen molar-refractivity contribution < 1.29 is 19.1 Å². The number of benzene rings is 1.